The van der Waals surface area contributed by atoms with E-state index in [1.165, 1.54) is 24.5 Å². The number of thioether (sulfide) groups is 1. The molecule has 2 atom stereocenters. The van der Waals surface area contributed by atoms with Crippen LogP contribution in [0, 0.1) is 0 Å². The molecule has 2 heterocycles. The van der Waals surface area contributed by atoms with Crippen LogP contribution < -0.4 is 10.6 Å². The molecular formula is C8H16N2S. The summed E-state index contributed by atoms with van der Waals surface area (Å²) < 4.78 is 0. The largest absolute Gasteiger partial charge is 0.313 e. The second kappa shape index (κ2) is 2.96. The first-order valence-corrected chi connectivity index (χ1v) is 5.52. The van der Waals surface area contributed by atoms with Crippen molar-refractivity contribution in [1.29, 1.82) is 0 Å². The predicted octanol–water partition coefficient (Wildman–Crippen LogP) is 0.443. The van der Waals surface area contributed by atoms with Gasteiger partial charge in [-0.05, 0) is 19.1 Å². The van der Waals surface area contributed by atoms with E-state index in [4.69, 9.17) is 0 Å². The summed E-state index contributed by atoms with van der Waals surface area (Å²) in [6.45, 7) is 4.56. The molecule has 0 bridgehead atoms. The van der Waals surface area contributed by atoms with Crippen molar-refractivity contribution in [1.82, 2.24) is 10.6 Å². The van der Waals surface area contributed by atoms with Crippen LogP contribution in [0.15, 0.2) is 0 Å². The Morgan fingerprint density at radius 1 is 1.55 bits per heavy atom. The Morgan fingerprint density at radius 3 is 3.09 bits per heavy atom. The highest BCUT2D eigenvalue weighted by molar-refractivity contribution is 7.99. The molecule has 11 heavy (non-hydrogen) atoms. The fraction of sp³-hybridized carbons (Fsp3) is 1.00. The van der Waals surface area contributed by atoms with Gasteiger partial charge in [-0.3, -0.25) is 0 Å². The predicted molar refractivity (Wildman–Crippen MR) is 50.1 cm³/mol. The topological polar surface area (TPSA) is 24.1 Å². The Balaban J connectivity index is 2.00. The zero-order valence-electron chi connectivity index (χ0n) is 7.02. The highest BCUT2D eigenvalue weighted by Gasteiger charge is 2.37. The highest BCUT2D eigenvalue weighted by atomic mass is 32.2. The fourth-order valence-electron chi connectivity index (χ4n) is 2.01. The number of rotatable bonds is 0. The lowest BCUT2D eigenvalue weighted by Gasteiger charge is -2.38. The smallest absolute Gasteiger partial charge is 0.0407 e. The van der Waals surface area contributed by atoms with Gasteiger partial charge in [0.15, 0.2) is 0 Å². The molecule has 0 saturated carbocycles. The SMILES string of the molecule is CC1CNCC2(CCSC2)N1. The van der Waals surface area contributed by atoms with E-state index in [2.05, 4.69) is 29.3 Å². The van der Waals surface area contributed by atoms with Gasteiger partial charge in [0.2, 0.25) is 0 Å². The first-order valence-electron chi connectivity index (χ1n) is 4.37. The van der Waals surface area contributed by atoms with Crippen LogP contribution in [0.25, 0.3) is 0 Å². The van der Waals surface area contributed by atoms with Crippen LogP contribution in [0.2, 0.25) is 0 Å². The van der Waals surface area contributed by atoms with Crippen LogP contribution in [0.5, 0.6) is 0 Å². The Kier molecular flexibility index (Phi) is 2.12. The quantitative estimate of drug-likeness (QED) is 0.554. The summed E-state index contributed by atoms with van der Waals surface area (Å²) in [6.07, 6.45) is 1.34. The van der Waals surface area contributed by atoms with Gasteiger partial charge in [-0.2, -0.15) is 11.8 Å². The van der Waals surface area contributed by atoms with Crippen molar-refractivity contribution in [3.8, 4) is 0 Å². The zero-order chi connectivity index (χ0) is 7.73. The van der Waals surface area contributed by atoms with Gasteiger partial charge in [0.1, 0.15) is 0 Å². The molecule has 2 N–H and O–H groups in total. The molecule has 2 rings (SSSR count). The molecule has 2 saturated heterocycles. The number of nitrogens with one attached hydrogen (secondary N) is 2. The molecule has 64 valence electrons. The third kappa shape index (κ3) is 1.55. The second-order valence-electron chi connectivity index (χ2n) is 3.76. The minimum atomic E-state index is 0.447. The van der Waals surface area contributed by atoms with Crippen molar-refractivity contribution in [3.63, 3.8) is 0 Å². The minimum absolute atomic E-state index is 0.447. The summed E-state index contributed by atoms with van der Waals surface area (Å²) in [5, 5.41) is 7.20. The van der Waals surface area contributed by atoms with Crippen molar-refractivity contribution in [2.24, 2.45) is 0 Å². The van der Waals surface area contributed by atoms with Gasteiger partial charge in [0.05, 0.1) is 0 Å². The van der Waals surface area contributed by atoms with Crippen LogP contribution in [-0.4, -0.2) is 36.2 Å². The Labute approximate surface area is 72.5 Å². The molecule has 0 amide bonds. The number of piperazine rings is 1. The van der Waals surface area contributed by atoms with Gasteiger partial charge < -0.3 is 10.6 Å². The molecule has 0 aromatic rings. The van der Waals surface area contributed by atoms with Crippen molar-refractivity contribution >= 4 is 11.8 Å². The van der Waals surface area contributed by atoms with Gasteiger partial charge in [0.25, 0.3) is 0 Å². The first kappa shape index (κ1) is 7.90. The van der Waals surface area contributed by atoms with Crippen LogP contribution in [0.4, 0.5) is 0 Å². The lowest BCUT2D eigenvalue weighted by molar-refractivity contribution is 0.258. The molecule has 0 radical (unpaired) electrons. The summed E-state index contributed by atoms with van der Waals surface area (Å²) in [7, 11) is 0. The van der Waals surface area contributed by atoms with Crippen molar-refractivity contribution < 1.29 is 0 Å². The summed E-state index contributed by atoms with van der Waals surface area (Å²) in [5.41, 5.74) is 0.447. The van der Waals surface area contributed by atoms with E-state index >= 15 is 0 Å². The normalized spacial score (nSPS) is 45.0. The average molecular weight is 172 g/mol. The van der Waals surface area contributed by atoms with Gasteiger partial charge >= 0.3 is 0 Å². The number of hydrogen-bond donors (Lipinski definition) is 2. The highest BCUT2D eigenvalue weighted by Crippen LogP contribution is 2.28. The van der Waals surface area contributed by atoms with Gasteiger partial charge in [-0.1, -0.05) is 0 Å². The Bertz CT molecular complexity index is 143. The van der Waals surface area contributed by atoms with Gasteiger partial charge in [0, 0.05) is 30.4 Å². The summed E-state index contributed by atoms with van der Waals surface area (Å²) >= 11 is 2.08. The molecule has 0 aliphatic carbocycles. The van der Waals surface area contributed by atoms with E-state index in [-0.39, 0.29) is 0 Å². The maximum Gasteiger partial charge on any atom is 0.0407 e. The molecule has 2 nitrogen and oxygen atoms in total. The lowest BCUT2D eigenvalue weighted by Crippen LogP contribution is -2.63. The molecule has 1 spiro atoms. The molecule has 2 aliphatic rings. The molecule has 2 unspecified atom stereocenters. The lowest BCUT2D eigenvalue weighted by atomic mass is 9.95. The summed E-state index contributed by atoms with van der Waals surface area (Å²) in [4.78, 5) is 0. The Morgan fingerprint density at radius 2 is 2.45 bits per heavy atom. The van der Waals surface area contributed by atoms with Crippen molar-refractivity contribution in [2.75, 3.05) is 24.6 Å². The summed E-state index contributed by atoms with van der Waals surface area (Å²) in [5.74, 6) is 2.63. The van der Waals surface area contributed by atoms with Gasteiger partial charge in [-0.15, -0.1) is 0 Å². The monoisotopic (exact) mass is 172 g/mol. The van der Waals surface area contributed by atoms with E-state index in [0.29, 0.717) is 11.6 Å². The Hall–Kier alpha value is 0.270. The minimum Gasteiger partial charge on any atom is -0.313 e. The van der Waals surface area contributed by atoms with E-state index in [9.17, 15) is 0 Å². The second-order valence-corrected chi connectivity index (χ2v) is 4.86. The van der Waals surface area contributed by atoms with E-state index in [1.54, 1.807) is 0 Å². The third-order valence-corrected chi connectivity index (χ3v) is 3.82. The van der Waals surface area contributed by atoms with Crippen LogP contribution in [-0.2, 0) is 0 Å². The summed E-state index contributed by atoms with van der Waals surface area (Å²) in [6, 6.07) is 0.655. The molecule has 3 heteroatoms. The van der Waals surface area contributed by atoms with Gasteiger partial charge in [-0.25, -0.2) is 0 Å². The molecule has 2 aliphatic heterocycles. The van der Waals surface area contributed by atoms with E-state index in [0.717, 1.165) is 6.54 Å². The number of hydrogen-bond acceptors (Lipinski definition) is 3. The maximum absolute atomic E-state index is 3.71. The standard InChI is InChI=1S/C8H16N2S/c1-7-4-9-5-8(10-7)2-3-11-6-8/h7,9-10H,2-6H2,1H3. The molecule has 0 aromatic heterocycles. The van der Waals surface area contributed by atoms with E-state index in [1.807, 2.05) is 0 Å². The molecular weight excluding hydrogens is 156 g/mol. The zero-order valence-corrected chi connectivity index (χ0v) is 7.84. The van der Waals surface area contributed by atoms with Crippen LogP contribution in [0.3, 0.4) is 0 Å². The van der Waals surface area contributed by atoms with E-state index < -0.39 is 0 Å². The van der Waals surface area contributed by atoms with Crippen LogP contribution >= 0.6 is 11.8 Å². The van der Waals surface area contributed by atoms with Crippen LogP contribution in [0.1, 0.15) is 13.3 Å². The van der Waals surface area contributed by atoms with Crippen molar-refractivity contribution in [3.05, 3.63) is 0 Å². The fourth-order valence-corrected chi connectivity index (χ4v) is 3.41. The van der Waals surface area contributed by atoms with Crippen molar-refractivity contribution in [2.45, 2.75) is 24.9 Å². The maximum atomic E-state index is 3.71. The third-order valence-electron chi connectivity index (χ3n) is 2.57. The molecule has 2 fully saturated rings. The molecule has 0 aromatic carbocycles. The first-order chi connectivity index (χ1) is 5.31. The average Bonchev–Trinajstić information content (AvgIpc) is 2.37.